The molecule has 12 heteroatoms. The van der Waals surface area contributed by atoms with E-state index in [9.17, 15) is 14.3 Å². The lowest BCUT2D eigenvalue weighted by molar-refractivity contribution is -0.00177. The SMILES string of the molecule is CCn1cc(Nc2cc(-n3ncc4cc(Cl)cnc43)ncc2C(=O)NCC(F)C(C)(C)O)cn1. The van der Waals surface area contributed by atoms with E-state index >= 15 is 0 Å². The highest BCUT2D eigenvalue weighted by Gasteiger charge is 2.27. The molecule has 0 aliphatic carbocycles. The van der Waals surface area contributed by atoms with Crippen LogP contribution in [-0.4, -0.2) is 58.9 Å². The number of nitrogens with one attached hydrogen (secondary N) is 2. The van der Waals surface area contributed by atoms with Crippen LogP contribution >= 0.6 is 11.6 Å². The first-order valence-corrected chi connectivity index (χ1v) is 11.0. The molecular formula is C22H24ClFN8O2. The predicted molar refractivity (Wildman–Crippen MR) is 126 cm³/mol. The number of halogens is 2. The van der Waals surface area contributed by atoms with Gasteiger partial charge in [-0.3, -0.25) is 9.48 Å². The largest absolute Gasteiger partial charge is 0.387 e. The van der Waals surface area contributed by atoms with Crippen molar-refractivity contribution < 1.29 is 14.3 Å². The first-order chi connectivity index (χ1) is 16.2. The van der Waals surface area contributed by atoms with E-state index in [4.69, 9.17) is 11.6 Å². The zero-order valence-corrected chi connectivity index (χ0v) is 19.6. The Balaban J connectivity index is 1.69. The first kappa shape index (κ1) is 23.6. The van der Waals surface area contributed by atoms with Crippen molar-refractivity contribution >= 4 is 39.9 Å². The summed E-state index contributed by atoms with van der Waals surface area (Å²) in [5.41, 5.74) is 0.215. The van der Waals surface area contributed by atoms with Crippen LogP contribution in [0.2, 0.25) is 5.02 Å². The summed E-state index contributed by atoms with van der Waals surface area (Å²) in [6.07, 6.45) is 6.28. The van der Waals surface area contributed by atoms with Crippen LogP contribution in [0.1, 0.15) is 31.1 Å². The van der Waals surface area contributed by atoms with Gasteiger partial charge >= 0.3 is 0 Å². The lowest BCUT2D eigenvalue weighted by Gasteiger charge is -2.22. The van der Waals surface area contributed by atoms with Gasteiger partial charge in [-0.05, 0) is 26.8 Å². The molecular weight excluding hydrogens is 463 g/mol. The van der Waals surface area contributed by atoms with Crippen LogP contribution in [0.5, 0.6) is 0 Å². The Morgan fingerprint density at radius 2 is 2.00 bits per heavy atom. The monoisotopic (exact) mass is 486 g/mol. The van der Waals surface area contributed by atoms with E-state index in [1.807, 2.05) is 6.92 Å². The number of pyridine rings is 2. The summed E-state index contributed by atoms with van der Waals surface area (Å²) in [5.74, 6) is -0.141. The normalized spacial score (nSPS) is 12.6. The van der Waals surface area contributed by atoms with Gasteiger partial charge in [0, 0.05) is 36.6 Å². The smallest absolute Gasteiger partial charge is 0.255 e. The lowest BCUT2D eigenvalue weighted by atomic mass is 10.0. The Morgan fingerprint density at radius 3 is 2.71 bits per heavy atom. The highest BCUT2D eigenvalue weighted by atomic mass is 35.5. The fourth-order valence-corrected chi connectivity index (χ4v) is 3.36. The van der Waals surface area contributed by atoms with Gasteiger partial charge in [0.1, 0.15) is 6.17 Å². The standard InChI is InChI=1S/C22H24ClFN8O2/c1-4-31-12-15(9-28-31)30-17-6-19(32-20-13(7-29-32)5-14(23)8-26-20)25-10-16(17)21(33)27-11-18(24)22(2,3)34/h5-10,12,18,34H,4,11H2,1-3H3,(H,25,30)(H,27,33). The summed E-state index contributed by atoms with van der Waals surface area (Å²) in [6.45, 7) is 4.96. The van der Waals surface area contributed by atoms with Crippen molar-refractivity contribution in [2.75, 3.05) is 11.9 Å². The van der Waals surface area contributed by atoms with Gasteiger partial charge in [-0.1, -0.05) is 11.6 Å². The fraction of sp³-hybridized carbons (Fsp3) is 0.318. The topological polar surface area (TPSA) is 123 Å². The number of amides is 1. The molecule has 0 saturated heterocycles. The van der Waals surface area contributed by atoms with Crippen molar-refractivity contribution in [2.45, 2.75) is 39.1 Å². The van der Waals surface area contributed by atoms with Crippen molar-refractivity contribution in [3.8, 4) is 5.82 Å². The highest BCUT2D eigenvalue weighted by molar-refractivity contribution is 6.31. The van der Waals surface area contributed by atoms with Crippen LogP contribution in [-0.2, 0) is 6.54 Å². The fourth-order valence-electron chi connectivity index (χ4n) is 3.19. The predicted octanol–water partition coefficient (Wildman–Crippen LogP) is 3.27. The van der Waals surface area contributed by atoms with Crippen LogP contribution in [0.25, 0.3) is 16.9 Å². The maximum atomic E-state index is 14.2. The summed E-state index contributed by atoms with van der Waals surface area (Å²) in [5, 5.41) is 25.3. The third-order valence-corrected chi connectivity index (χ3v) is 5.38. The number of carbonyl (C=O) groups is 1. The Labute approximate surface area is 199 Å². The Bertz CT molecular complexity index is 1330. The van der Waals surface area contributed by atoms with Gasteiger partial charge in [0.25, 0.3) is 5.91 Å². The van der Waals surface area contributed by atoms with Gasteiger partial charge in [0.15, 0.2) is 11.5 Å². The number of aromatic nitrogens is 6. The molecule has 1 atom stereocenters. The van der Waals surface area contributed by atoms with Crippen molar-refractivity contribution in [1.29, 1.82) is 0 Å². The average Bonchev–Trinajstić information content (AvgIpc) is 3.42. The van der Waals surface area contributed by atoms with Crippen LogP contribution in [0, 0.1) is 0 Å². The summed E-state index contributed by atoms with van der Waals surface area (Å²) in [7, 11) is 0. The summed E-state index contributed by atoms with van der Waals surface area (Å²) in [6, 6.07) is 3.38. The van der Waals surface area contributed by atoms with Crippen LogP contribution in [0.4, 0.5) is 15.8 Å². The van der Waals surface area contributed by atoms with E-state index < -0.39 is 17.7 Å². The van der Waals surface area contributed by atoms with E-state index in [1.54, 1.807) is 35.4 Å². The van der Waals surface area contributed by atoms with Gasteiger partial charge in [-0.25, -0.2) is 14.4 Å². The second-order valence-corrected chi connectivity index (χ2v) is 8.69. The minimum absolute atomic E-state index is 0.184. The van der Waals surface area contributed by atoms with Crippen LogP contribution in [0.3, 0.4) is 0 Å². The molecule has 0 fully saturated rings. The van der Waals surface area contributed by atoms with E-state index in [1.165, 1.54) is 30.9 Å². The lowest BCUT2D eigenvalue weighted by Crippen LogP contribution is -2.42. The molecule has 0 spiro atoms. The minimum atomic E-state index is -1.64. The second kappa shape index (κ2) is 9.35. The zero-order chi connectivity index (χ0) is 24.5. The molecule has 4 rings (SSSR count). The minimum Gasteiger partial charge on any atom is -0.387 e. The number of rotatable bonds is 8. The molecule has 1 amide bonds. The molecule has 4 heterocycles. The number of fused-ring (bicyclic) bond motifs is 1. The van der Waals surface area contributed by atoms with Gasteiger partial charge < -0.3 is 15.7 Å². The maximum Gasteiger partial charge on any atom is 0.255 e. The molecule has 4 aromatic heterocycles. The number of alkyl halides is 1. The highest BCUT2D eigenvalue weighted by Crippen LogP contribution is 2.25. The van der Waals surface area contributed by atoms with Crippen molar-refractivity contribution in [2.24, 2.45) is 0 Å². The van der Waals surface area contributed by atoms with Gasteiger partial charge in [-0.15, -0.1) is 0 Å². The molecule has 34 heavy (non-hydrogen) atoms. The molecule has 0 aliphatic heterocycles. The van der Waals surface area contributed by atoms with E-state index in [0.29, 0.717) is 34.4 Å². The van der Waals surface area contributed by atoms with Gasteiger partial charge in [0.05, 0.1) is 46.5 Å². The zero-order valence-electron chi connectivity index (χ0n) is 18.8. The molecule has 0 aliphatic rings. The van der Waals surface area contributed by atoms with Crippen molar-refractivity contribution in [3.05, 3.63) is 53.7 Å². The third kappa shape index (κ3) is 5.00. The quantitative estimate of drug-likeness (QED) is 0.349. The summed E-state index contributed by atoms with van der Waals surface area (Å²) >= 11 is 6.02. The van der Waals surface area contributed by atoms with Crippen LogP contribution in [0.15, 0.2) is 43.1 Å². The molecule has 10 nitrogen and oxygen atoms in total. The van der Waals surface area contributed by atoms with Crippen molar-refractivity contribution in [3.63, 3.8) is 0 Å². The van der Waals surface area contributed by atoms with Crippen molar-refractivity contribution in [1.82, 2.24) is 34.8 Å². The molecule has 3 N–H and O–H groups in total. The number of aryl methyl sites for hydroxylation is 1. The molecule has 4 aromatic rings. The molecule has 0 saturated carbocycles. The Hall–Kier alpha value is -3.57. The molecule has 0 radical (unpaired) electrons. The summed E-state index contributed by atoms with van der Waals surface area (Å²) < 4.78 is 17.4. The second-order valence-electron chi connectivity index (χ2n) is 8.25. The maximum absolute atomic E-state index is 14.2. The molecule has 178 valence electrons. The average molecular weight is 487 g/mol. The summed E-state index contributed by atoms with van der Waals surface area (Å²) in [4.78, 5) is 21.6. The Kier molecular flexibility index (Phi) is 6.49. The number of hydrogen-bond acceptors (Lipinski definition) is 7. The molecule has 0 bridgehead atoms. The molecule has 0 aromatic carbocycles. The van der Waals surface area contributed by atoms with E-state index in [0.717, 1.165) is 5.39 Å². The number of anilines is 2. The number of hydrogen-bond donors (Lipinski definition) is 3. The van der Waals surface area contributed by atoms with Gasteiger partial charge in [0.2, 0.25) is 0 Å². The number of aliphatic hydroxyl groups is 1. The third-order valence-electron chi connectivity index (χ3n) is 5.17. The van der Waals surface area contributed by atoms with E-state index in [2.05, 4.69) is 30.8 Å². The number of nitrogens with zero attached hydrogens (tertiary/aromatic N) is 6. The first-order valence-electron chi connectivity index (χ1n) is 10.6. The Morgan fingerprint density at radius 1 is 1.21 bits per heavy atom. The molecule has 1 unspecified atom stereocenters. The van der Waals surface area contributed by atoms with Gasteiger partial charge in [-0.2, -0.15) is 14.9 Å². The number of carbonyl (C=O) groups excluding carboxylic acids is 1. The van der Waals surface area contributed by atoms with E-state index in [-0.39, 0.29) is 12.1 Å². The van der Waals surface area contributed by atoms with Crippen LogP contribution < -0.4 is 10.6 Å².